The van der Waals surface area contributed by atoms with Gasteiger partial charge < -0.3 is 0 Å². The Kier molecular flexibility index (Phi) is 2.40. The van der Waals surface area contributed by atoms with Crippen LogP contribution in [0.2, 0.25) is 0 Å². The lowest BCUT2D eigenvalue weighted by Crippen LogP contribution is -2.35. The van der Waals surface area contributed by atoms with Gasteiger partial charge in [-0.1, -0.05) is 12.1 Å². The fourth-order valence-electron chi connectivity index (χ4n) is 1.48. The van der Waals surface area contributed by atoms with Crippen LogP contribution in [0.5, 0.6) is 0 Å². The van der Waals surface area contributed by atoms with E-state index in [2.05, 4.69) is 4.99 Å². The molecule has 0 fully saturated rings. The van der Waals surface area contributed by atoms with E-state index in [1.807, 2.05) is 6.07 Å². The summed E-state index contributed by atoms with van der Waals surface area (Å²) in [5.41, 5.74) is 0.394. The maximum atomic E-state index is 12.0. The third kappa shape index (κ3) is 1.46. The van der Waals surface area contributed by atoms with Gasteiger partial charge in [-0.25, -0.2) is 13.4 Å². The normalized spacial score (nSPS) is 17.2. The van der Waals surface area contributed by atoms with Crippen LogP contribution in [-0.2, 0) is 10.0 Å². The third-order valence-corrected chi connectivity index (χ3v) is 4.19. The molecule has 1 aliphatic heterocycles. The van der Waals surface area contributed by atoms with Crippen molar-refractivity contribution in [3.63, 3.8) is 0 Å². The zero-order valence-electron chi connectivity index (χ0n) is 8.58. The molecule has 0 amide bonds. The van der Waals surface area contributed by atoms with E-state index in [0.717, 1.165) is 4.31 Å². The molecule has 82 valence electrons. The van der Waals surface area contributed by atoms with Gasteiger partial charge in [0.25, 0.3) is 10.0 Å². The first kappa shape index (κ1) is 10.6. The number of nitrogens with zero attached hydrogens (tertiary/aromatic N) is 3. The number of nitriles is 1. The molecule has 0 unspecified atom stereocenters. The van der Waals surface area contributed by atoms with Gasteiger partial charge in [0, 0.05) is 7.05 Å². The summed E-state index contributed by atoms with van der Waals surface area (Å²) in [6.07, 6.45) is -0.0237. The van der Waals surface area contributed by atoms with Crippen LogP contribution >= 0.6 is 0 Å². The Labute approximate surface area is 93.7 Å². The Hall–Kier alpha value is -1.87. The van der Waals surface area contributed by atoms with Crippen LogP contribution in [0, 0.1) is 11.3 Å². The highest BCUT2D eigenvalue weighted by molar-refractivity contribution is 7.89. The number of hydrogen-bond donors (Lipinski definition) is 0. The third-order valence-electron chi connectivity index (χ3n) is 2.35. The van der Waals surface area contributed by atoms with Gasteiger partial charge in [0.05, 0.1) is 18.2 Å². The summed E-state index contributed by atoms with van der Waals surface area (Å²) in [7, 11) is -2.14. The van der Waals surface area contributed by atoms with Crippen LogP contribution in [0.1, 0.15) is 6.42 Å². The first-order valence-corrected chi connectivity index (χ1v) is 6.04. The maximum absolute atomic E-state index is 12.0. The monoisotopic (exact) mass is 235 g/mol. The van der Waals surface area contributed by atoms with E-state index >= 15 is 0 Å². The topological polar surface area (TPSA) is 73.5 Å². The van der Waals surface area contributed by atoms with Gasteiger partial charge in [0.2, 0.25) is 0 Å². The average Bonchev–Trinajstić information content (AvgIpc) is 2.26. The van der Waals surface area contributed by atoms with Gasteiger partial charge in [-0.15, -0.1) is 0 Å². The van der Waals surface area contributed by atoms with Crippen LogP contribution in [-0.4, -0.2) is 25.6 Å². The van der Waals surface area contributed by atoms with Gasteiger partial charge in [-0.2, -0.15) is 5.26 Å². The predicted molar refractivity (Wildman–Crippen MR) is 58.7 cm³/mol. The largest absolute Gasteiger partial charge is 0.267 e. The van der Waals surface area contributed by atoms with Crippen molar-refractivity contribution in [1.29, 1.82) is 5.26 Å². The fourth-order valence-corrected chi connectivity index (χ4v) is 2.79. The summed E-state index contributed by atoms with van der Waals surface area (Å²) in [4.78, 5) is 4.33. The number of amidine groups is 1. The molecule has 16 heavy (non-hydrogen) atoms. The van der Waals surface area contributed by atoms with Gasteiger partial charge in [0.15, 0.2) is 0 Å². The van der Waals surface area contributed by atoms with Crippen molar-refractivity contribution in [2.24, 2.45) is 4.99 Å². The highest BCUT2D eigenvalue weighted by atomic mass is 32.2. The molecule has 0 saturated carbocycles. The minimum absolute atomic E-state index is 0.0237. The number of fused-ring (bicyclic) bond motifs is 1. The number of hydrogen-bond acceptors (Lipinski definition) is 4. The number of aliphatic imine (C=N–C) groups is 1. The summed E-state index contributed by atoms with van der Waals surface area (Å²) in [5.74, 6) is 0.251. The summed E-state index contributed by atoms with van der Waals surface area (Å²) in [5, 5.41) is 8.60. The summed E-state index contributed by atoms with van der Waals surface area (Å²) in [6.45, 7) is 0. The second kappa shape index (κ2) is 3.61. The van der Waals surface area contributed by atoms with Crippen molar-refractivity contribution in [3.8, 4) is 6.07 Å². The van der Waals surface area contributed by atoms with Gasteiger partial charge in [0.1, 0.15) is 10.7 Å². The molecule has 0 aromatic heterocycles. The van der Waals surface area contributed by atoms with Crippen LogP contribution in [0.15, 0.2) is 34.2 Å². The number of rotatable bonds is 1. The van der Waals surface area contributed by atoms with Crippen molar-refractivity contribution in [2.75, 3.05) is 7.05 Å². The SMILES string of the molecule is CN1C(CC#N)=Nc2ccccc2S1(=O)=O. The van der Waals surface area contributed by atoms with E-state index in [1.54, 1.807) is 18.2 Å². The second-order valence-corrected chi connectivity index (χ2v) is 5.24. The molecule has 1 aromatic rings. The van der Waals surface area contributed by atoms with Crippen molar-refractivity contribution >= 4 is 21.5 Å². The minimum Gasteiger partial charge on any atom is -0.255 e. The molecule has 0 spiro atoms. The Morgan fingerprint density at radius 3 is 2.81 bits per heavy atom. The summed E-state index contributed by atoms with van der Waals surface area (Å²) in [6, 6.07) is 8.39. The Morgan fingerprint density at radius 2 is 2.12 bits per heavy atom. The van der Waals surface area contributed by atoms with Crippen molar-refractivity contribution < 1.29 is 8.42 Å². The molecule has 6 heteroatoms. The highest BCUT2D eigenvalue weighted by Crippen LogP contribution is 2.31. The van der Waals surface area contributed by atoms with Crippen LogP contribution < -0.4 is 0 Å². The van der Waals surface area contributed by atoms with E-state index < -0.39 is 10.0 Å². The molecular formula is C10H9N3O2S. The number of benzene rings is 1. The summed E-state index contributed by atoms with van der Waals surface area (Å²) >= 11 is 0. The zero-order chi connectivity index (χ0) is 11.8. The second-order valence-electron chi connectivity index (χ2n) is 3.30. The molecule has 0 atom stereocenters. The van der Waals surface area contributed by atoms with Crippen molar-refractivity contribution in [3.05, 3.63) is 24.3 Å². The molecule has 0 aliphatic carbocycles. The molecule has 1 heterocycles. The van der Waals surface area contributed by atoms with E-state index in [-0.39, 0.29) is 17.2 Å². The fraction of sp³-hybridized carbons (Fsp3) is 0.200. The molecule has 5 nitrogen and oxygen atoms in total. The molecule has 2 rings (SSSR count). The Morgan fingerprint density at radius 1 is 1.44 bits per heavy atom. The lowest BCUT2D eigenvalue weighted by atomic mass is 10.3. The Bertz CT molecular complexity index is 599. The molecule has 0 N–H and O–H groups in total. The van der Waals surface area contributed by atoms with Crippen molar-refractivity contribution in [2.45, 2.75) is 11.3 Å². The summed E-state index contributed by atoms with van der Waals surface area (Å²) < 4.78 is 25.1. The standard InChI is InChI=1S/C10H9N3O2S/c1-13-10(6-7-11)12-8-4-2-3-5-9(8)16(13,14)15/h2-5H,6H2,1H3. The van der Waals surface area contributed by atoms with E-state index in [1.165, 1.54) is 13.1 Å². The van der Waals surface area contributed by atoms with E-state index in [9.17, 15) is 8.42 Å². The Balaban J connectivity index is 2.68. The van der Waals surface area contributed by atoms with Crippen LogP contribution in [0.25, 0.3) is 0 Å². The highest BCUT2D eigenvalue weighted by Gasteiger charge is 2.30. The maximum Gasteiger partial charge on any atom is 0.267 e. The molecule has 0 radical (unpaired) electrons. The molecule has 0 bridgehead atoms. The average molecular weight is 235 g/mol. The first-order chi connectivity index (χ1) is 7.57. The molecule has 1 aromatic carbocycles. The van der Waals surface area contributed by atoms with Crippen LogP contribution in [0.3, 0.4) is 0 Å². The number of para-hydroxylation sites is 1. The first-order valence-electron chi connectivity index (χ1n) is 4.60. The lowest BCUT2D eigenvalue weighted by Gasteiger charge is -2.24. The van der Waals surface area contributed by atoms with Gasteiger partial charge >= 0.3 is 0 Å². The zero-order valence-corrected chi connectivity index (χ0v) is 9.40. The molecule has 0 saturated heterocycles. The van der Waals surface area contributed by atoms with Gasteiger partial charge in [-0.05, 0) is 12.1 Å². The lowest BCUT2D eigenvalue weighted by molar-refractivity contribution is 0.548. The molecule has 1 aliphatic rings. The number of sulfonamides is 1. The predicted octanol–water partition coefficient (Wildman–Crippen LogP) is 1.26. The van der Waals surface area contributed by atoms with Crippen LogP contribution in [0.4, 0.5) is 5.69 Å². The van der Waals surface area contributed by atoms with Crippen molar-refractivity contribution in [1.82, 2.24) is 4.31 Å². The smallest absolute Gasteiger partial charge is 0.255 e. The van der Waals surface area contributed by atoms with E-state index in [0.29, 0.717) is 5.69 Å². The van der Waals surface area contributed by atoms with Gasteiger partial charge in [-0.3, -0.25) is 4.31 Å². The quantitative estimate of drug-likeness (QED) is 0.735. The van der Waals surface area contributed by atoms with E-state index in [4.69, 9.17) is 5.26 Å². The molecular weight excluding hydrogens is 226 g/mol. The minimum atomic E-state index is -3.54.